The summed E-state index contributed by atoms with van der Waals surface area (Å²) in [7, 11) is 3.29. The van der Waals surface area contributed by atoms with Crippen LogP contribution in [-0.4, -0.2) is 42.6 Å². The molecular formula is C21H21N3O3. The SMILES string of the molecule is COc1ccc(C2=NN(C)C(=O)C3C(c4c(C)cccc4C)=NOC23)cc1. The van der Waals surface area contributed by atoms with E-state index in [2.05, 4.69) is 10.3 Å². The van der Waals surface area contributed by atoms with Gasteiger partial charge in [-0.1, -0.05) is 23.4 Å². The van der Waals surface area contributed by atoms with Crippen molar-refractivity contribution in [3.63, 3.8) is 0 Å². The van der Waals surface area contributed by atoms with Crippen molar-refractivity contribution in [3.8, 4) is 5.75 Å². The topological polar surface area (TPSA) is 63.5 Å². The van der Waals surface area contributed by atoms with Gasteiger partial charge in [-0.3, -0.25) is 4.79 Å². The van der Waals surface area contributed by atoms with Gasteiger partial charge in [0.1, 0.15) is 23.1 Å². The van der Waals surface area contributed by atoms with Crippen LogP contribution in [0.15, 0.2) is 52.7 Å². The normalized spacial score (nSPS) is 21.3. The smallest absolute Gasteiger partial charge is 0.256 e. The third-order valence-corrected chi connectivity index (χ3v) is 5.10. The second-order valence-corrected chi connectivity index (χ2v) is 6.82. The van der Waals surface area contributed by atoms with Crippen LogP contribution < -0.4 is 4.74 Å². The van der Waals surface area contributed by atoms with Crippen LogP contribution in [-0.2, 0) is 9.63 Å². The van der Waals surface area contributed by atoms with Gasteiger partial charge in [-0.25, -0.2) is 5.01 Å². The van der Waals surface area contributed by atoms with Crippen LogP contribution >= 0.6 is 0 Å². The summed E-state index contributed by atoms with van der Waals surface area (Å²) in [5.41, 5.74) is 5.36. The van der Waals surface area contributed by atoms with E-state index in [-0.39, 0.29) is 5.91 Å². The second-order valence-electron chi connectivity index (χ2n) is 6.82. The number of hydrogen-bond acceptors (Lipinski definition) is 5. The van der Waals surface area contributed by atoms with Crippen LogP contribution in [0.5, 0.6) is 5.75 Å². The maximum atomic E-state index is 12.9. The zero-order chi connectivity index (χ0) is 19.1. The Balaban J connectivity index is 1.76. The number of nitrogens with zero attached hydrogens (tertiary/aromatic N) is 3. The standard InChI is InChI=1S/C21H21N3O3/c1-12-6-5-7-13(2)16(12)19-17-20(27-23-19)18(22-24(3)21(17)25)14-8-10-15(26-4)11-9-14/h5-11,17,20H,1-4H3. The highest BCUT2D eigenvalue weighted by atomic mass is 16.6. The summed E-state index contributed by atoms with van der Waals surface area (Å²) < 4.78 is 5.22. The molecule has 2 unspecified atom stereocenters. The maximum Gasteiger partial charge on any atom is 0.256 e. The molecule has 4 rings (SSSR count). The number of methoxy groups -OCH3 is 1. The largest absolute Gasteiger partial charge is 0.497 e. The number of benzene rings is 2. The Labute approximate surface area is 158 Å². The fourth-order valence-corrected chi connectivity index (χ4v) is 3.70. The monoisotopic (exact) mass is 363 g/mol. The van der Waals surface area contributed by atoms with E-state index in [0.717, 1.165) is 28.0 Å². The zero-order valence-electron chi connectivity index (χ0n) is 15.8. The molecule has 0 fully saturated rings. The maximum absolute atomic E-state index is 12.9. The number of rotatable bonds is 3. The number of aryl methyl sites for hydroxylation is 2. The average molecular weight is 363 g/mol. The van der Waals surface area contributed by atoms with E-state index in [1.807, 2.05) is 56.3 Å². The molecule has 0 spiro atoms. The Kier molecular flexibility index (Phi) is 4.18. The number of carbonyl (C=O) groups excluding carboxylic acids is 1. The summed E-state index contributed by atoms with van der Waals surface area (Å²) in [4.78, 5) is 18.7. The van der Waals surface area contributed by atoms with Gasteiger partial charge in [0, 0.05) is 18.2 Å². The molecule has 2 aliphatic rings. The van der Waals surface area contributed by atoms with Gasteiger partial charge >= 0.3 is 0 Å². The minimum Gasteiger partial charge on any atom is -0.497 e. The minimum atomic E-state index is -0.531. The van der Waals surface area contributed by atoms with Gasteiger partial charge < -0.3 is 9.57 Å². The lowest BCUT2D eigenvalue weighted by Crippen LogP contribution is -2.48. The van der Waals surface area contributed by atoms with Crippen molar-refractivity contribution in [3.05, 3.63) is 64.7 Å². The van der Waals surface area contributed by atoms with E-state index in [0.29, 0.717) is 11.4 Å². The Morgan fingerprint density at radius 1 is 1.04 bits per heavy atom. The van der Waals surface area contributed by atoms with Crippen molar-refractivity contribution >= 4 is 17.3 Å². The van der Waals surface area contributed by atoms with E-state index >= 15 is 0 Å². The number of hydrazone groups is 1. The van der Waals surface area contributed by atoms with Gasteiger partial charge in [0.25, 0.3) is 5.91 Å². The number of ether oxygens (including phenoxy) is 1. The first-order valence-corrected chi connectivity index (χ1v) is 8.82. The molecular weight excluding hydrogens is 342 g/mol. The van der Waals surface area contributed by atoms with Gasteiger partial charge in [0.05, 0.1) is 7.11 Å². The van der Waals surface area contributed by atoms with Gasteiger partial charge in [-0.15, -0.1) is 0 Å². The van der Waals surface area contributed by atoms with Crippen LogP contribution in [0.1, 0.15) is 22.3 Å². The van der Waals surface area contributed by atoms with Gasteiger partial charge in [0.2, 0.25) is 0 Å². The van der Waals surface area contributed by atoms with E-state index in [1.165, 1.54) is 5.01 Å². The van der Waals surface area contributed by atoms with Crippen molar-refractivity contribution in [1.82, 2.24) is 5.01 Å². The highest BCUT2D eigenvalue weighted by Gasteiger charge is 2.48. The molecule has 0 radical (unpaired) electrons. The molecule has 0 aliphatic carbocycles. The molecule has 0 bridgehead atoms. The molecule has 0 saturated heterocycles. The number of fused-ring (bicyclic) bond motifs is 1. The number of hydrogen-bond donors (Lipinski definition) is 0. The van der Waals surface area contributed by atoms with Gasteiger partial charge in [0.15, 0.2) is 6.10 Å². The summed E-state index contributed by atoms with van der Waals surface area (Å²) in [6, 6.07) is 13.6. The Morgan fingerprint density at radius 2 is 1.70 bits per heavy atom. The average Bonchev–Trinajstić information content (AvgIpc) is 3.10. The lowest BCUT2D eigenvalue weighted by molar-refractivity contribution is -0.134. The quantitative estimate of drug-likeness (QED) is 0.842. The lowest BCUT2D eigenvalue weighted by Gasteiger charge is -2.29. The molecule has 27 heavy (non-hydrogen) atoms. The Hall–Kier alpha value is -3.15. The van der Waals surface area contributed by atoms with E-state index < -0.39 is 12.0 Å². The number of oxime groups is 1. The molecule has 2 aromatic rings. The summed E-state index contributed by atoms with van der Waals surface area (Å²) >= 11 is 0. The minimum absolute atomic E-state index is 0.115. The zero-order valence-corrected chi connectivity index (χ0v) is 15.8. The molecule has 6 heteroatoms. The molecule has 0 aromatic heterocycles. The van der Waals surface area contributed by atoms with Crippen LogP contribution in [0.4, 0.5) is 0 Å². The summed E-state index contributed by atoms with van der Waals surface area (Å²) in [5, 5.41) is 10.2. The van der Waals surface area contributed by atoms with E-state index in [1.54, 1.807) is 14.2 Å². The molecule has 2 heterocycles. The summed E-state index contributed by atoms with van der Waals surface area (Å²) in [6.45, 7) is 4.04. The van der Waals surface area contributed by atoms with Gasteiger partial charge in [-0.05, 0) is 49.2 Å². The Morgan fingerprint density at radius 3 is 2.33 bits per heavy atom. The van der Waals surface area contributed by atoms with Crippen molar-refractivity contribution in [2.45, 2.75) is 20.0 Å². The van der Waals surface area contributed by atoms with Gasteiger partial charge in [-0.2, -0.15) is 5.10 Å². The summed E-state index contributed by atoms with van der Waals surface area (Å²) in [5.74, 6) is 0.136. The molecule has 0 N–H and O–H groups in total. The second kappa shape index (κ2) is 6.54. The highest BCUT2D eigenvalue weighted by molar-refractivity contribution is 6.21. The number of amides is 1. The fourth-order valence-electron chi connectivity index (χ4n) is 3.70. The predicted molar refractivity (Wildman–Crippen MR) is 103 cm³/mol. The van der Waals surface area contributed by atoms with Crippen molar-refractivity contribution in [2.24, 2.45) is 16.2 Å². The molecule has 0 saturated carbocycles. The molecule has 2 aliphatic heterocycles. The third kappa shape index (κ3) is 2.77. The molecule has 6 nitrogen and oxygen atoms in total. The molecule has 2 atom stereocenters. The molecule has 1 amide bonds. The van der Waals surface area contributed by atoms with E-state index in [9.17, 15) is 4.79 Å². The van der Waals surface area contributed by atoms with Crippen LogP contribution in [0.25, 0.3) is 0 Å². The molecule has 138 valence electrons. The summed E-state index contributed by atoms with van der Waals surface area (Å²) in [6.07, 6.45) is -0.531. The number of carbonyl (C=O) groups is 1. The van der Waals surface area contributed by atoms with Crippen LogP contribution in [0.3, 0.4) is 0 Å². The van der Waals surface area contributed by atoms with E-state index in [4.69, 9.17) is 9.57 Å². The van der Waals surface area contributed by atoms with Crippen LogP contribution in [0.2, 0.25) is 0 Å². The fraction of sp³-hybridized carbons (Fsp3) is 0.286. The first kappa shape index (κ1) is 17.3. The molecule has 2 aromatic carbocycles. The van der Waals surface area contributed by atoms with Crippen molar-refractivity contribution in [2.75, 3.05) is 14.2 Å². The first-order chi connectivity index (χ1) is 13.0. The third-order valence-electron chi connectivity index (χ3n) is 5.10. The predicted octanol–water partition coefficient (Wildman–Crippen LogP) is 2.91. The van der Waals surface area contributed by atoms with Crippen molar-refractivity contribution in [1.29, 1.82) is 0 Å². The first-order valence-electron chi connectivity index (χ1n) is 8.82. The highest BCUT2D eigenvalue weighted by Crippen LogP contribution is 2.33. The van der Waals surface area contributed by atoms with Crippen LogP contribution in [0, 0.1) is 19.8 Å². The van der Waals surface area contributed by atoms with Crippen molar-refractivity contribution < 1.29 is 14.4 Å². The Bertz CT molecular complexity index is 943. The lowest BCUT2D eigenvalue weighted by atomic mass is 9.83.